The molecule has 33 nitrogen and oxygen atoms in total. The molecule has 0 aromatic heterocycles. The van der Waals surface area contributed by atoms with Crippen molar-refractivity contribution >= 4 is 88.7 Å². The number of amides is 13. The van der Waals surface area contributed by atoms with Crippen molar-refractivity contribution in [1.82, 2.24) is 68.9 Å². The van der Waals surface area contributed by atoms with Crippen LogP contribution in [0.25, 0.3) is 0 Å². The molecule has 0 saturated heterocycles. The van der Waals surface area contributed by atoms with E-state index in [1.807, 2.05) is 27.7 Å². The summed E-state index contributed by atoms with van der Waals surface area (Å²) in [5.74, 6) is -11.3. The Hall–Kier alpha value is -8.23. The summed E-state index contributed by atoms with van der Waals surface area (Å²) < 4.78 is 5.92. The maximum Gasteiger partial charge on any atom is 0.312 e. The number of aliphatic carboxylic acids is 1. The number of urea groups is 1. The van der Waals surface area contributed by atoms with Gasteiger partial charge in [-0.2, -0.15) is 5.01 Å². The van der Waals surface area contributed by atoms with Crippen LogP contribution in [-0.4, -0.2) is 192 Å². The van der Waals surface area contributed by atoms with Crippen LogP contribution in [0, 0.1) is 17.8 Å². The number of primary amides is 1. The van der Waals surface area contributed by atoms with Crippen molar-refractivity contribution in [2.24, 2.45) is 39.9 Å². The first-order valence-corrected chi connectivity index (χ1v) is 30.5. The average molecular weight is 1300 g/mol. The standard InChI is InChI=1S/C58H105N17O16/c1-16-37(68-46(81)35(9)65-49(84)40(25-31(2)3)71-51(86)43(28-45(79)80)67-44(78)29-64-47(82)38(66-36(10)77)19-17-23-62-55(59)60)48(83)70-41(26-32(4)5)50(85)69-39(20-18-24-63-56(61)90)52(87)73-58(13,14)54(89)72-42(27-33(6)7)53(88)74-75(15)30-91-57(11,12)22-21-34(8)76/h31-33,35,37-43H,16-30H2,1-15H3,(H,64,82)(H,65,84)(H,66,77)(H,67,78)(H,68,81)(H,69,85)(H,70,83)(H,71,86)(H,72,89)(H,73,87)(H,74,88)(H,79,80)(H4,59,60,62)(H3,61,63,90)/t35-,37-,38-,39-,40-,41-,42-,43-/m0/s1. The summed E-state index contributed by atoms with van der Waals surface area (Å²) in [6.45, 7) is 21.9. The highest BCUT2D eigenvalue weighted by Crippen LogP contribution is 2.18. The Labute approximate surface area is 533 Å². The van der Waals surface area contributed by atoms with E-state index >= 15 is 0 Å². The van der Waals surface area contributed by atoms with Gasteiger partial charge in [-0.15, -0.1) is 0 Å². The third kappa shape index (κ3) is 36.3. The zero-order valence-electron chi connectivity index (χ0n) is 55.7. The Morgan fingerprint density at radius 2 is 1.04 bits per heavy atom. The molecule has 8 atom stereocenters. The van der Waals surface area contributed by atoms with Gasteiger partial charge in [-0.1, -0.05) is 48.5 Å². The van der Waals surface area contributed by atoms with Crippen molar-refractivity contribution in [1.29, 1.82) is 0 Å². The normalized spacial score (nSPS) is 14.1. The van der Waals surface area contributed by atoms with Crippen molar-refractivity contribution in [3.63, 3.8) is 0 Å². The summed E-state index contributed by atoms with van der Waals surface area (Å²) in [5, 5.41) is 38.6. The van der Waals surface area contributed by atoms with E-state index in [4.69, 9.17) is 21.9 Å². The third-order valence-corrected chi connectivity index (χ3v) is 13.5. The number of nitrogens with zero attached hydrogens (tertiary/aromatic N) is 2. The molecule has 91 heavy (non-hydrogen) atoms. The molecule has 13 amide bonds. The minimum Gasteiger partial charge on any atom is -0.481 e. The number of rotatable bonds is 44. The van der Waals surface area contributed by atoms with E-state index < -0.39 is 149 Å². The number of hydrogen-bond acceptors (Lipinski definition) is 17. The smallest absolute Gasteiger partial charge is 0.312 e. The predicted octanol–water partition coefficient (Wildman–Crippen LogP) is -2.47. The fourth-order valence-electron chi connectivity index (χ4n) is 8.59. The van der Waals surface area contributed by atoms with Crippen molar-refractivity contribution in [2.45, 2.75) is 227 Å². The van der Waals surface area contributed by atoms with Crippen molar-refractivity contribution in [3.8, 4) is 0 Å². The monoisotopic (exact) mass is 1300 g/mol. The SMILES string of the molecule is CC[C@H](NC(=O)[C@H](C)NC(=O)[C@H](CC(C)C)NC(=O)[C@H](CC(=O)O)NC(=O)CNC(=O)[C@H](CCCN=C(N)N)NC(C)=O)C(=O)N[C@@H](CC(C)C)C(=O)N[C@@H](CCCNC(N)=O)C(=O)NC(C)(C)C(=O)N[C@@H](CC(C)C)C(=O)NN(C)COC(C)(C)CCC(C)=O. The van der Waals surface area contributed by atoms with E-state index in [1.54, 1.807) is 41.7 Å². The number of carboxylic acids is 1. The van der Waals surface area contributed by atoms with Gasteiger partial charge in [0, 0.05) is 33.5 Å². The molecule has 0 radical (unpaired) electrons. The van der Waals surface area contributed by atoms with Crippen molar-refractivity contribution in [2.75, 3.05) is 33.4 Å². The molecule has 0 spiro atoms. The highest BCUT2D eigenvalue weighted by molar-refractivity contribution is 5.99. The third-order valence-electron chi connectivity index (χ3n) is 13.5. The highest BCUT2D eigenvalue weighted by atomic mass is 16.5. The van der Waals surface area contributed by atoms with Gasteiger partial charge in [0.1, 0.15) is 66.4 Å². The lowest BCUT2D eigenvalue weighted by atomic mass is 9.98. The molecule has 0 unspecified atom stereocenters. The molecule has 0 fully saturated rings. The number of hydrogen-bond donors (Lipinski definition) is 16. The molecule has 518 valence electrons. The molecule has 0 aliphatic carbocycles. The van der Waals surface area contributed by atoms with E-state index in [9.17, 15) is 72.2 Å². The van der Waals surface area contributed by atoms with Crippen LogP contribution < -0.4 is 81.1 Å². The maximum absolute atomic E-state index is 14.2. The Morgan fingerprint density at radius 3 is 1.54 bits per heavy atom. The topological polar surface area (TPSA) is 506 Å². The van der Waals surface area contributed by atoms with Gasteiger partial charge in [0.2, 0.25) is 59.1 Å². The predicted molar refractivity (Wildman–Crippen MR) is 336 cm³/mol. The summed E-state index contributed by atoms with van der Waals surface area (Å²) in [6.07, 6.45) is 0.311. The first kappa shape index (κ1) is 82.8. The van der Waals surface area contributed by atoms with E-state index in [0.717, 1.165) is 0 Å². The summed E-state index contributed by atoms with van der Waals surface area (Å²) in [5.41, 5.74) is 16.2. The molecule has 0 aliphatic heterocycles. The Balaban J connectivity index is 6.34. The van der Waals surface area contributed by atoms with Gasteiger partial charge in [0.05, 0.1) is 18.6 Å². The van der Waals surface area contributed by atoms with Crippen LogP contribution in [-0.2, 0) is 67.1 Å². The van der Waals surface area contributed by atoms with Crippen molar-refractivity contribution < 1.29 is 77.0 Å². The molecule has 0 aromatic rings. The summed E-state index contributed by atoms with van der Waals surface area (Å²) in [7, 11) is 1.57. The number of carbonyl (C=O) groups is 14. The number of carboxylic acid groups (broad SMARTS) is 1. The zero-order chi connectivity index (χ0) is 70.1. The van der Waals surface area contributed by atoms with Crippen LogP contribution in [0.4, 0.5) is 4.79 Å². The number of ether oxygens (including phenoxy) is 1. The number of ketones is 1. The van der Waals surface area contributed by atoms with Gasteiger partial charge in [0.25, 0.3) is 5.91 Å². The van der Waals surface area contributed by atoms with E-state index in [0.29, 0.717) is 12.8 Å². The number of guanidine groups is 1. The lowest BCUT2D eigenvalue weighted by Gasteiger charge is -2.32. The van der Waals surface area contributed by atoms with E-state index in [2.05, 4.69) is 68.9 Å². The molecular weight excluding hydrogens is 1190 g/mol. The maximum atomic E-state index is 14.2. The fraction of sp³-hybridized carbons (Fsp3) is 0.741. The van der Waals surface area contributed by atoms with Crippen LogP contribution in [0.3, 0.4) is 0 Å². The number of aliphatic imine (C=N–C) groups is 1. The first-order chi connectivity index (χ1) is 42.1. The first-order valence-electron chi connectivity index (χ1n) is 30.5. The Bertz CT molecular complexity index is 2520. The van der Waals surface area contributed by atoms with E-state index in [-0.39, 0.29) is 101 Å². The second-order valence-corrected chi connectivity index (χ2v) is 24.9. The minimum absolute atomic E-state index is 0.00750. The van der Waals surface area contributed by atoms with Crippen LogP contribution >= 0.6 is 0 Å². The Morgan fingerprint density at radius 1 is 0.560 bits per heavy atom. The molecule has 0 aromatic carbocycles. The average Bonchev–Trinajstić information content (AvgIpc) is 1.03. The van der Waals surface area contributed by atoms with Gasteiger partial charge in [0.15, 0.2) is 5.96 Å². The quantitative estimate of drug-likeness (QED) is 0.00988. The van der Waals surface area contributed by atoms with Gasteiger partial charge in [-0.25, -0.2) is 4.79 Å². The zero-order valence-corrected chi connectivity index (χ0v) is 55.7. The minimum atomic E-state index is -1.76. The lowest BCUT2D eigenvalue weighted by Crippen LogP contribution is -2.63. The molecule has 19 N–H and O–H groups in total. The van der Waals surface area contributed by atoms with Gasteiger partial charge in [-0.3, -0.25) is 68.0 Å². The largest absolute Gasteiger partial charge is 0.481 e. The van der Waals surface area contributed by atoms with Crippen LogP contribution in [0.15, 0.2) is 4.99 Å². The number of nitrogens with two attached hydrogens (primary N) is 3. The molecule has 0 aliphatic rings. The second kappa shape index (κ2) is 41.2. The second-order valence-electron chi connectivity index (χ2n) is 24.9. The lowest BCUT2D eigenvalue weighted by molar-refractivity contribution is -0.141. The number of Topliss-reactive ketones (excluding diaryl/α,β-unsaturated/α-hetero) is 1. The fourth-order valence-corrected chi connectivity index (χ4v) is 8.59. The van der Waals surface area contributed by atoms with Crippen LogP contribution in [0.2, 0.25) is 0 Å². The number of nitrogens with one attached hydrogen (secondary N) is 12. The molecule has 0 bridgehead atoms. The van der Waals surface area contributed by atoms with Crippen LogP contribution in [0.5, 0.6) is 0 Å². The molecular formula is C58H105N17O16. The summed E-state index contributed by atoms with van der Waals surface area (Å²) >= 11 is 0. The van der Waals surface area contributed by atoms with Gasteiger partial charge in [-0.05, 0) is 117 Å². The molecule has 33 heteroatoms. The molecule has 0 heterocycles. The number of carbonyl (C=O) groups excluding carboxylic acids is 13. The summed E-state index contributed by atoms with van der Waals surface area (Å²) in [6, 6.07) is -11.5. The van der Waals surface area contributed by atoms with Gasteiger partial charge >= 0.3 is 12.0 Å². The molecule has 0 saturated carbocycles. The Kier molecular flexibility index (Phi) is 37.5. The van der Waals surface area contributed by atoms with Crippen molar-refractivity contribution in [3.05, 3.63) is 0 Å². The molecule has 0 rings (SSSR count). The van der Waals surface area contributed by atoms with E-state index in [1.165, 1.54) is 39.6 Å². The number of hydrazine groups is 1. The van der Waals surface area contributed by atoms with Gasteiger partial charge < -0.3 is 90.3 Å². The summed E-state index contributed by atoms with van der Waals surface area (Å²) in [4.78, 5) is 187. The van der Waals surface area contributed by atoms with Crippen LogP contribution in [0.1, 0.15) is 168 Å². The highest BCUT2D eigenvalue weighted by Gasteiger charge is 2.38.